The molecule has 2 rings (SSSR count). The Labute approximate surface area is 114 Å². The molecule has 1 aliphatic rings. The number of hydrogen-bond acceptors (Lipinski definition) is 4. The summed E-state index contributed by atoms with van der Waals surface area (Å²) >= 11 is 0. The normalized spacial score (nSPS) is 14.6. The molecule has 5 nitrogen and oxygen atoms in total. The highest BCUT2D eigenvalue weighted by Crippen LogP contribution is 2.19. The van der Waals surface area contributed by atoms with Gasteiger partial charge in [0.2, 0.25) is 0 Å². The number of para-hydroxylation sites is 1. The molecule has 1 aromatic carbocycles. The summed E-state index contributed by atoms with van der Waals surface area (Å²) in [5.41, 5.74) is 0.343. The molecule has 0 aliphatic heterocycles. The summed E-state index contributed by atoms with van der Waals surface area (Å²) in [4.78, 5) is 16.1. The molecule has 1 aromatic rings. The first-order valence-electron chi connectivity index (χ1n) is 6.13. The van der Waals surface area contributed by atoms with Gasteiger partial charge < -0.3 is 14.9 Å². The molecule has 7 heteroatoms. The van der Waals surface area contributed by atoms with E-state index in [1.54, 1.807) is 18.2 Å². The average molecular weight is 284 g/mol. The van der Waals surface area contributed by atoms with Gasteiger partial charge in [0.1, 0.15) is 5.75 Å². The largest absolute Gasteiger partial charge is 0.434 e. The monoisotopic (exact) mass is 284 g/mol. The maximum absolute atomic E-state index is 12.2. The zero-order chi connectivity index (χ0) is 14.4. The summed E-state index contributed by atoms with van der Waals surface area (Å²) in [6.45, 7) is -3.11. The molecule has 0 heterocycles. The van der Waals surface area contributed by atoms with E-state index in [0.717, 1.165) is 12.8 Å². The van der Waals surface area contributed by atoms with Crippen molar-refractivity contribution in [2.75, 3.05) is 6.61 Å². The van der Waals surface area contributed by atoms with Gasteiger partial charge in [-0.05, 0) is 25.0 Å². The molecule has 20 heavy (non-hydrogen) atoms. The van der Waals surface area contributed by atoms with E-state index in [1.165, 1.54) is 12.3 Å². The number of alkyl halides is 2. The van der Waals surface area contributed by atoms with Gasteiger partial charge in [-0.1, -0.05) is 17.3 Å². The first-order chi connectivity index (χ1) is 9.65. The number of carbonyl (C=O) groups excluding carboxylic acids is 1. The van der Waals surface area contributed by atoms with Crippen molar-refractivity contribution in [2.24, 2.45) is 5.16 Å². The van der Waals surface area contributed by atoms with Crippen LogP contribution in [0.15, 0.2) is 29.4 Å². The van der Waals surface area contributed by atoms with Crippen molar-refractivity contribution in [1.82, 2.24) is 5.32 Å². The number of nitrogens with zero attached hydrogens (tertiary/aromatic N) is 1. The number of hydrogen-bond donors (Lipinski definition) is 1. The van der Waals surface area contributed by atoms with Gasteiger partial charge in [-0.15, -0.1) is 0 Å². The van der Waals surface area contributed by atoms with Crippen LogP contribution in [0.25, 0.3) is 0 Å². The van der Waals surface area contributed by atoms with Crippen molar-refractivity contribution < 1.29 is 23.1 Å². The molecule has 0 unspecified atom stereocenters. The fraction of sp³-hybridized carbons (Fsp3) is 0.385. The molecular formula is C13H14F2N2O3. The summed E-state index contributed by atoms with van der Waals surface area (Å²) in [5.74, 6) is -0.251. The van der Waals surface area contributed by atoms with Gasteiger partial charge in [0.15, 0.2) is 6.61 Å². The van der Waals surface area contributed by atoms with Crippen LogP contribution in [0, 0.1) is 0 Å². The second-order valence-corrected chi connectivity index (χ2v) is 4.27. The first-order valence-corrected chi connectivity index (χ1v) is 6.13. The molecule has 1 amide bonds. The standard InChI is InChI=1S/C13H14F2N2O3/c14-13(15)20-11-4-2-1-3-9(11)7-16-19-8-12(18)17-10-5-6-10/h1-4,7,10,13H,5-6,8H2,(H,17,18). The molecule has 0 bridgehead atoms. The number of amides is 1. The first kappa shape index (κ1) is 14.2. The Kier molecular flexibility index (Phi) is 4.86. The summed E-state index contributed by atoms with van der Waals surface area (Å²) < 4.78 is 28.7. The molecule has 0 spiro atoms. The Morgan fingerprint density at radius 3 is 2.90 bits per heavy atom. The molecule has 1 fully saturated rings. The molecule has 1 aliphatic carbocycles. The third-order valence-electron chi connectivity index (χ3n) is 2.54. The van der Waals surface area contributed by atoms with Gasteiger partial charge in [0, 0.05) is 11.6 Å². The van der Waals surface area contributed by atoms with E-state index in [4.69, 9.17) is 4.84 Å². The van der Waals surface area contributed by atoms with Gasteiger partial charge in [-0.25, -0.2) is 0 Å². The zero-order valence-electron chi connectivity index (χ0n) is 10.6. The second-order valence-electron chi connectivity index (χ2n) is 4.27. The van der Waals surface area contributed by atoms with E-state index in [0.29, 0.717) is 5.56 Å². The number of nitrogens with one attached hydrogen (secondary N) is 1. The Morgan fingerprint density at radius 1 is 1.45 bits per heavy atom. The third kappa shape index (κ3) is 4.83. The minimum absolute atomic E-state index is 0.00252. The quantitative estimate of drug-likeness (QED) is 0.614. The summed E-state index contributed by atoms with van der Waals surface area (Å²) in [7, 11) is 0. The average Bonchev–Trinajstić information content (AvgIpc) is 3.19. The summed E-state index contributed by atoms with van der Waals surface area (Å²) in [6.07, 6.45) is 3.21. The Bertz CT molecular complexity index is 490. The Hall–Kier alpha value is -2.18. The summed E-state index contributed by atoms with van der Waals surface area (Å²) in [5, 5.41) is 6.29. The third-order valence-corrected chi connectivity index (χ3v) is 2.54. The zero-order valence-corrected chi connectivity index (χ0v) is 10.6. The van der Waals surface area contributed by atoms with E-state index in [1.807, 2.05) is 0 Å². The van der Waals surface area contributed by atoms with Crippen molar-refractivity contribution >= 4 is 12.1 Å². The maximum atomic E-state index is 12.2. The lowest BCUT2D eigenvalue weighted by Gasteiger charge is -2.06. The minimum Gasteiger partial charge on any atom is -0.434 e. The number of oxime groups is 1. The van der Waals surface area contributed by atoms with Crippen LogP contribution in [0.2, 0.25) is 0 Å². The topological polar surface area (TPSA) is 59.9 Å². The van der Waals surface area contributed by atoms with E-state index in [2.05, 4.69) is 15.2 Å². The van der Waals surface area contributed by atoms with Crippen LogP contribution in [0.3, 0.4) is 0 Å². The lowest BCUT2D eigenvalue weighted by atomic mass is 10.2. The fourth-order valence-corrected chi connectivity index (χ4v) is 1.48. The maximum Gasteiger partial charge on any atom is 0.387 e. The number of benzene rings is 1. The predicted octanol–water partition coefficient (Wildman–Crippen LogP) is 1.92. The summed E-state index contributed by atoms with van der Waals surface area (Å²) in [6, 6.07) is 6.43. The molecule has 0 aromatic heterocycles. The molecule has 0 saturated heterocycles. The van der Waals surface area contributed by atoms with Crippen LogP contribution >= 0.6 is 0 Å². The minimum atomic E-state index is -2.91. The number of halogens is 2. The van der Waals surface area contributed by atoms with Crippen LogP contribution in [0.5, 0.6) is 5.75 Å². The highest BCUT2D eigenvalue weighted by Gasteiger charge is 2.23. The van der Waals surface area contributed by atoms with Crippen LogP contribution in [-0.2, 0) is 9.63 Å². The van der Waals surface area contributed by atoms with Gasteiger partial charge in [-0.3, -0.25) is 4.79 Å². The van der Waals surface area contributed by atoms with Crippen molar-refractivity contribution in [3.8, 4) is 5.75 Å². The molecule has 0 radical (unpaired) electrons. The van der Waals surface area contributed by atoms with Crippen molar-refractivity contribution in [3.63, 3.8) is 0 Å². The molecule has 108 valence electrons. The van der Waals surface area contributed by atoms with Gasteiger partial charge in [0.25, 0.3) is 5.91 Å². The van der Waals surface area contributed by atoms with Crippen molar-refractivity contribution in [3.05, 3.63) is 29.8 Å². The SMILES string of the molecule is O=C(CON=Cc1ccccc1OC(F)F)NC1CC1. The Morgan fingerprint density at radius 2 is 2.20 bits per heavy atom. The molecule has 1 N–H and O–H groups in total. The molecule has 1 saturated carbocycles. The van der Waals surface area contributed by atoms with E-state index < -0.39 is 6.61 Å². The fourth-order valence-electron chi connectivity index (χ4n) is 1.48. The van der Waals surface area contributed by atoms with Crippen molar-refractivity contribution in [2.45, 2.75) is 25.5 Å². The molecular weight excluding hydrogens is 270 g/mol. The highest BCUT2D eigenvalue weighted by atomic mass is 19.3. The van der Waals surface area contributed by atoms with Crippen LogP contribution < -0.4 is 10.1 Å². The highest BCUT2D eigenvalue weighted by molar-refractivity contribution is 5.83. The number of rotatable bonds is 7. The lowest BCUT2D eigenvalue weighted by Crippen LogP contribution is -2.28. The lowest BCUT2D eigenvalue weighted by molar-refractivity contribution is -0.125. The predicted molar refractivity (Wildman–Crippen MR) is 67.8 cm³/mol. The van der Waals surface area contributed by atoms with Crippen LogP contribution in [0.4, 0.5) is 8.78 Å². The number of ether oxygens (including phenoxy) is 1. The van der Waals surface area contributed by atoms with Crippen molar-refractivity contribution in [1.29, 1.82) is 0 Å². The molecule has 0 atom stereocenters. The van der Waals surface area contributed by atoms with Crippen LogP contribution in [-0.4, -0.2) is 31.4 Å². The second kappa shape index (κ2) is 6.83. The smallest absolute Gasteiger partial charge is 0.387 e. The van der Waals surface area contributed by atoms with Gasteiger partial charge in [-0.2, -0.15) is 8.78 Å². The number of carbonyl (C=O) groups is 1. The van der Waals surface area contributed by atoms with Gasteiger partial charge >= 0.3 is 6.61 Å². The van der Waals surface area contributed by atoms with E-state index >= 15 is 0 Å². The van der Waals surface area contributed by atoms with E-state index in [-0.39, 0.29) is 24.3 Å². The van der Waals surface area contributed by atoms with E-state index in [9.17, 15) is 13.6 Å². The van der Waals surface area contributed by atoms with Gasteiger partial charge in [0.05, 0.1) is 6.21 Å². The van der Waals surface area contributed by atoms with Crippen LogP contribution in [0.1, 0.15) is 18.4 Å². The Balaban J connectivity index is 1.82.